The third kappa shape index (κ3) is 2.92. The van der Waals surface area contributed by atoms with E-state index in [1.165, 1.54) is 0 Å². The molecule has 8 nitrogen and oxygen atoms in total. The van der Waals surface area contributed by atoms with Crippen LogP contribution in [0.2, 0.25) is 0 Å². The summed E-state index contributed by atoms with van der Waals surface area (Å²) in [6.45, 7) is 4.35. The third-order valence-corrected chi connectivity index (χ3v) is 7.18. The van der Waals surface area contributed by atoms with E-state index in [-0.39, 0.29) is 40.9 Å². The standard InChI is InChI=1S/C27H25N5O3/c1-26(2)12-17-20(19(33)13-26)27(21-22(29-17)30-25(28)31-23(21)34)16-10-6-7-11-18(16)32(24(27)35)14-15-8-4-3-5-9-15/h3-11H,12-14H2,1-2H3,(H4,28,29,30,31,34). The van der Waals surface area contributed by atoms with E-state index in [4.69, 9.17) is 5.73 Å². The molecule has 3 aromatic rings. The summed E-state index contributed by atoms with van der Waals surface area (Å²) in [6.07, 6.45) is 0.816. The smallest absolute Gasteiger partial charge is 0.259 e. The van der Waals surface area contributed by atoms with Crippen molar-refractivity contribution in [2.75, 3.05) is 16.0 Å². The molecule has 6 rings (SSSR count). The highest BCUT2D eigenvalue weighted by molar-refractivity contribution is 6.20. The van der Waals surface area contributed by atoms with E-state index in [2.05, 4.69) is 15.3 Å². The van der Waals surface area contributed by atoms with Crippen molar-refractivity contribution < 1.29 is 9.59 Å². The second-order valence-corrected chi connectivity index (χ2v) is 10.2. The van der Waals surface area contributed by atoms with Crippen LogP contribution in [-0.4, -0.2) is 21.7 Å². The minimum absolute atomic E-state index is 0.0540. The zero-order valence-corrected chi connectivity index (χ0v) is 19.5. The van der Waals surface area contributed by atoms with E-state index in [0.717, 1.165) is 5.56 Å². The first-order chi connectivity index (χ1) is 16.7. The minimum atomic E-state index is -1.59. The number of nitrogens with one attached hydrogen (secondary N) is 2. The molecule has 35 heavy (non-hydrogen) atoms. The fourth-order valence-electron chi connectivity index (χ4n) is 5.92. The molecular formula is C27H25N5O3. The molecule has 8 heteroatoms. The van der Waals surface area contributed by atoms with Gasteiger partial charge in [-0.05, 0) is 23.5 Å². The molecule has 0 saturated carbocycles. The molecule has 2 aliphatic heterocycles. The number of nitrogens with zero attached hydrogens (tertiary/aromatic N) is 2. The van der Waals surface area contributed by atoms with Gasteiger partial charge in [0, 0.05) is 28.9 Å². The summed E-state index contributed by atoms with van der Waals surface area (Å²) >= 11 is 0. The van der Waals surface area contributed by atoms with Crippen LogP contribution in [0.3, 0.4) is 0 Å². The molecule has 0 saturated heterocycles. The van der Waals surface area contributed by atoms with Gasteiger partial charge >= 0.3 is 0 Å². The second-order valence-electron chi connectivity index (χ2n) is 10.2. The van der Waals surface area contributed by atoms with Crippen LogP contribution in [0, 0.1) is 5.41 Å². The number of amides is 1. The van der Waals surface area contributed by atoms with Gasteiger partial charge in [0.25, 0.3) is 5.56 Å². The molecule has 0 bridgehead atoms. The number of Topliss-reactive ketones (excluding diaryl/α,β-unsaturated/α-hetero) is 1. The molecule has 4 N–H and O–H groups in total. The van der Waals surface area contributed by atoms with Gasteiger partial charge in [0.05, 0.1) is 12.1 Å². The molecule has 0 fully saturated rings. The average molecular weight is 468 g/mol. The average Bonchev–Trinajstić information content (AvgIpc) is 3.02. The van der Waals surface area contributed by atoms with Gasteiger partial charge < -0.3 is 16.0 Å². The summed E-state index contributed by atoms with van der Waals surface area (Å²) in [7, 11) is 0. The van der Waals surface area contributed by atoms with E-state index in [0.29, 0.717) is 35.5 Å². The molecule has 1 aromatic heterocycles. The highest BCUT2D eigenvalue weighted by Crippen LogP contribution is 2.57. The summed E-state index contributed by atoms with van der Waals surface area (Å²) in [5.41, 5.74) is 6.77. The fraction of sp³-hybridized carbons (Fsp3) is 0.259. The lowest BCUT2D eigenvalue weighted by atomic mass is 9.61. The van der Waals surface area contributed by atoms with Crippen LogP contribution in [0.5, 0.6) is 0 Å². The number of hydrogen-bond acceptors (Lipinski definition) is 6. The number of carbonyl (C=O) groups is 2. The maximum absolute atomic E-state index is 14.6. The van der Waals surface area contributed by atoms with Crippen molar-refractivity contribution in [3.63, 3.8) is 0 Å². The topological polar surface area (TPSA) is 121 Å². The molecule has 1 amide bonds. The SMILES string of the molecule is CC1(C)CC(=O)C2=C(C1)Nc1nc(N)[nH]c(=O)c1C21C(=O)N(Cc2ccccc2)c2ccccc21. The van der Waals surface area contributed by atoms with Crippen LogP contribution < -0.4 is 21.5 Å². The number of para-hydroxylation sites is 1. The highest BCUT2D eigenvalue weighted by Gasteiger charge is 2.62. The summed E-state index contributed by atoms with van der Waals surface area (Å²) in [5, 5.41) is 3.21. The largest absolute Gasteiger partial charge is 0.369 e. The number of aromatic nitrogens is 2. The molecule has 3 heterocycles. The number of hydrogen-bond donors (Lipinski definition) is 3. The number of benzene rings is 2. The van der Waals surface area contributed by atoms with Gasteiger partial charge in [0.1, 0.15) is 11.2 Å². The Labute approximate surface area is 201 Å². The maximum atomic E-state index is 14.6. The van der Waals surface area contributed by atoms with Crippen molar-refractivity contribution >= 4 is 29.1 Å². The lowest BCUT2D eigenvalue weighted by Gasteiger charge is -2.42. The summed E-state index contributed by atoms with van der Waals surface area (Å²) < 4.78 is 0. The lowest BCUT2D eigenvalue weighted by Crippen LogP contribution is -2.52. The van der Waals surface area contributed by atoms with E-state index >= 15 is 0 Å². The van der Waals surface area contributed by atoms with Crippen molar-refractivity contribution in [3.8, 4) is 0 Å². The number of rotatable bonds is 2. The van der Waals surface area contributed by atoms with E-state index in [9.17, 15) is 14.4 Å². The van der Waals surface area contributed by atoms with E-state index in [1.807, 2.05) is 68.4 Å². The predicted molar refractivity (Wildman–Crippen MR) is 133 cm³/mol. The van der Waals surface area contributed by atoms with E-state index in [1.54, 1.807) is 4.90 Å². The minimum Gasteiger partial charge on any atom is -0.369 e. The normalized spacial score (nSPS) is 22.1. The number of aromatic amines is 1. The lowest BCUT2D eigenvalue weighted by molar-refractivity contribution is -0.125. The van der Waals surface area contributed by atoms with E-state index < -0.39 is 11.0 Å². The van der Waals surface area contributed by atoms with Crippen LogP contribution in [0.4, 0.5) is 17.5 Å². The molecule has 1 spiro atoms. The van der Waals surface area contributed by atoms with Crippen LogP contribution in [0.1, 0.15) is 43.4 Å². The Bertz CT molecular complexity index is 1500. The van der Waals surface area contributed by atoms with Crippen molar-refractivity contribution in [2.45, 2.75) is 38.6 Å². The highest BCUT2D eigenvalue weighted by atomic mass is 16.2. The first kappa shape index (κ1) is 21.3. The molecular weight excluding hydrogens is 442 g/mol. The van der Waals surface area contributed by atoms with Gasteiger partial charge in [-0.3, -0.25) is 19.4 Å². The number of nitrogen functional groups attached to an aromatic ring is 1. The molecule has 1 atom stereocenters. The number of nitrogens with two attached hydrogens (primary N) is 1. The number of carbonyl (C=O) groups excluding carboxylic acids is 2. The number of anilines is 3. The Morgan fingerprint density at radius 1 is 1.00 bits per heavy atom. The van der Waals surface area contributed by atoms with Crippen molar-refractivity contribution in [3.05, 3.63) is 92.9 Å². The Hall–Kier alpha value is -4.20. The van der Waals surface area contributed by atoms with Crippen molar-refractivity contribution in [1.82, 2.24) is 9.97 Å². The van der Waals surface area contributed by atoms with Crippen molar-refractivity contribution in [1.29, 1.82) is 0 Å². The summed E-state index contributed by atoms with van der Waals surface area (Å²) in [4.78, 5) is 50.4. The van der Waals surface area contributed by atoms with Crippen LogP contribution in [-0.2, 0) is 21.5 Å². The van der Waals surface area contributed by atoms with Crippen LogP contribution in [0.15, 0.2) is 70.7 Å². The first-order valence-corrected chi connectivity index (χ1v) is 11.6. The molecule has 176 valence electrons. The predicted octanol–water partition coefficient (Wildman–Crippen LogP) is 3.25. The monoisotopic (exact) mass is 467 g/mol. The van der Waals surface area contributed by atoms with Gasteiger partial charge in [-0.1, -0.05) is 62.4 Å². The van der Waals surface area contributed by atoms with Gasteiger partial charge in [-0.2, -0.15) is 4.98 Å². The van der Waals surface area contributed by atoms with Crippen molar-refractivity contribution in [2.24, 2.45) is 5.41 Å². The van der Waals surface area contributed by atoms with Gasteiger partial charge in [-0.15, -0.1) is 0 Å². The zero-order chi connectivity index (χ0) is 24.5. The summed E-state index contributed by atoms with van der Waals surface area (Å²) in [5.74, 6) is -0.305. The van der Waals surface area contributed by atoms with Gasteiger partial charge in [0.15, 0.2) is 5.78 Å². The third-order valence-electron chi connectivity index (χ3n) is 7.18. The van der Waals surface area contributed by atoms with Gasteiger partial charge in [-0.25, -0.2) is 0 Å². The molecule has 1 unspecified atom stereocenters. The molecule has 1 aliphatic carbocycles. The molecule has 3 aliphatic rings. The Morgan fingerprint density at radius 3 is 2.49 bits per heavy atom. The first-order valence-electron chi connectivity index (χ1n) is 11.6. The number of allylic oxidation sites excluding steroid dienone is 1. The second kappa shape index (κ2) is 7.15. The number of H-pyrrole nitrogens is 1. The molecule has 0 radical (unpaired) electrons. The quantitative estimate of drug-likeness (QED) is 0.532. The molecule has 2 aromatic carbocycles. The Balaban J connectivity index is 1.68. The van der Waals surface area contributed by atoms with Crippen LogP contribution >= 0.6 is 0 Å². The maximum Gasteiger partial charge on any atom is 0.259 e. The van der Waals surface area contributed by atoms with Gasteiger partial charge in [0.2, 0.25) is 11.9 Å². The zero-order valence-electron chi connectivity index (χ0n) is 19.5. The van der Waals surface area contributed by atoms with Crippen LogP contribution in [0.25, 0.3) is 0 Å². The fourth-order valence-corrected chi connectivity index (χ4v) is 5.92. The Morgan fingerprint density at radius 2 is 1.71 bits per heavy atom. The number of ketones is 1. The summed E-state index contributed by atoms with van der Waals surface area (Å²) in [6, 6.07) is 17.0. The number of fused-ring (bicyclic) bond motifs is 5. The Kier molecular flexibility index (Phi) is 4.36.